The Balaban J connectivity index is 1.68. The maximum Gasteiger partial charge on any atom is 0.333 e. The minimum absolute atomic E-state index is 0.111. The van der Waals surface area contributed by atoms with Gasteiger partial charge in [-0.05, 0) is 20.3 Å². The Hall–Kier alpha value is -1.93. The molecule has 2 aromatic heterocycles. The summed E-state index contributed by atoms with van der Waals surface area (Å²) in [5.74, 6) is -0.851. The van der Waals surface area contributed by atoms with Gasteiger partial charge in [-0.1, -0.05) is 5.21 Å². The van der Waals surface area contributed by atoms with Crippen LogP contribution in [-0.4, -0.2) is 58.0 Å². The molecular formula is C13H19N7O5S. The van der Waals surface area contributed by atoms with Crippen molar-refractivity contribution in [2.45, 2.75) is 44.3 Å². The zero-order valence-electron chi connectivity index (χ0n) is 14.1. The standard InChI is InChI=1S/C13H19N7O5S/c1-13(2)24-9-6(4-23-26(15,21)22)3-7(10(9)25-13)20-12-8(18-19-20)11(14)16-5-17-12/h5-7,9-10H,3-4H2,1-2H3,(H2,14,16,17)(H2,15,21,22)/t6-,7-,9-,10+/m1/s1. The van der Waals surface area contributed by atoms with Crippen molar-refractivity contribution in [2.24, 2.45) is 11.1 Å². The Kier molecular flexibility index (Phi) is 3.89. The van der Waals surface area contributed by atoms with Crippen LogP contribution < -0.4 is 10.9 Å². The number of nitrogens with two attached hydrogens (primary N) is 2. The molecule has 0 aromatic carbocycles. The second-order valence-electron chi connectivity index (χ2n) is 6.87. The molecule has 0 spiro atoms. The highest BCUT2D eigenvalue weighted by Crippen LogP contribution is 2.47. The average molecular weight is 385 g/mol. The Morgan fingerprint density at radius 3 is 2.81 bits per heavy atom. The zero-order valence-corrected chi connectivity index (χ0v) is 15.0. The van der Waals surface area contributed by atoms with Crippen LogP contribution in [0.2, 0.25) is 0 Å². The summed E-state index contributed by atoms with van der Waals surface area (Å²) in [6.07, 6.45) is 1.07. The highest BCUT2D eigenvalue weighted by atomic mass is 32.2. The van der Waals surface area contributed by atoms with Gasteiger partial charge in [0.05, 0.1) is 18.8 Å². The quantitative estimate of drug-likeness (QED) is 0.672. The van der Waals surface area contributed by atoms with Crippen molar-refractivity contribution in [3.05, 3.63) is 6.33 Å². The summed E-state index contributed by atoms with van der Waals surface area (Å²) in [4.78, 5) is 8.11. The molecule has 2 aromatic rings. The smallest absolute Gasteiger partial charge is 0.333 e. The van der Waals surface area contributed by atoms with Gasteiger partial charge in [0, 0.05) is 5.92 Å². The van der Waals surface area contributed by atoms with Crippen molar-refractivity contribution in [2.75, 3.05) is 12.3 Å². The highest BCUT2D eigenvalue weighted by molar-refractivity contribution is 7.84. The zero-order chi connectivity index (χ0) is 18.7. The molecule has 142 valence electrons. The number of fused-ring (bicyclic) bond motifs is 2. The first-order chi connectivity index (χ1) is 12.1. The van der Waals surface area contributed by atoms with Gasteiger partial charge in [-0.25, -0.2) is 19.8 Å². The average Bonchev–Trinajstić information content (AvgIpc) is 3.16. The molecule has 0 unspecified atom stereocenters. The maximum absolute atomic E-state index is 11.2. The van der Waals surface area contributed by atoms with Crippen LogP contribution in [0.25, 0.3) is 11.2 Å². The van der Waals surface area contributed by atoms with Gasteiger partial charge in [0.1, 0.15) is 12.4 Å². The molecule has 4 rings (SSSR count). The lowest BCUT2D eigenvalue weighted by Gasteiger charge is -2.23. The molecule has 4 N–H and O–H groups in total. The van der Waals surface area contributed by atoms with Crippen molar-refractivity contribution in [1.29, 1.82) is 0 Å². The summed E-state index contributed by atoms with van der Waals surface area (Å²) in [6, 6.07) is -0.282. The van der Waals surface area contributed by atoms with Gasteiger partial charge < -0.3 is 15.2 Å². The number of nitrogen functional groups attached to an aromatic ring is 1. The molecule has 2 fully saturated rings. The summed E-state index contributed by atoms with van der Waals surface area (Å²) < 4.78 is 40.7. The van der Waals surface area contributed by atoms with E-state index in [2.05, 4.69) is 20.3 Å². The number of rotatable bonds is 4. The van der Waals surface area contributed by atoms with Gasteiger partial charge in [-0.2, -0.15) is 8.42 Å². The van der Waals surface area contributed by atoms with Crippen LogP contribution in [0.1, 0.15) is 26.3 Å². The number of ether oxygens (including phenoxy) is 2. The molecule has 13 heteroatoms. The summed E-state index contributed by atoms with van der Waals surface area (Å²) in [5.41, 5.74) is 6.69. The van der Waals surface area contributed by atoms with E-state index in [9.17, 15) is 8.42 Å². The Morgan fingerprint density at radius 2 is 2.08 bits per heavy atom. The van der Waals surface area contributed by atoms with Crippen LogP contribution >= 0.6 is 0 Å². The van der Waals surface area contributed by atoms with Gasteiger partial charge in [0.15, 0.2) is 22.8 Å². The van der Waals surface area contributed by atoms with E-state index in [0.717, 1.165) is 0 Å². The fourth-order valence-corrected chi connectivity index (χ4v) is 4.01. The molecule has 1 aliphatic carbocycles. The maximum atomic E-state index is 11.2. The van der Waals surface area contributed by atoms with Crippen molar-refractivity contribution >= 4 is 27.3 Å². The van der Waals surface area contributed by atoms with Crippen molar-refractivity contribution < 1.29 is 22.1 Å². The molecular weight excluding hydrogens is 366 g/mol. The Bertz CT molecular complexity index is 946. The molecule has 26 heavy (non-hydrogen) atoms. The molecule has 12 nitrogen and oxygen atoms in total. The van der Waals surface area contributed by atoms with Gasteiger partial charge >= 0.3 is 10.3 Å². The van der Waals surface area contributed by atoms with Crippen molar-refractivity contribution in [1.82, 2.24) is 25.0 Å². The first kappa shape index (κ1) is 17.5. The number of hydrogen-bond acceptors (Lipinski definition) is 10. The number of hydrogen-bond donors (Lipinski definition) is 2. The molecule has 1 aliphatic heterocycles. The number of anilines is 1. The van der Waals surface area contributed by atoms with E-state index in [4.69, 9.17) is 24.5 Å². The van der Waals surface area contributed by atoms with E-state index in [1.165, 1.54) is 6.33 Å². The fourth-order valence-electron chi connectivity index (χ4n) is 3.65. The topological polar surface area (TPSA) is 170 Å². The molecule has 0 radical (unpaired) electrons. The van der Waals surface area contributed by atoms with Crippen LogP contribution in [0.3, 0.4) is 0 Å². The molecule has 2 aliphatic rings. The number of nitrogens with zero attached hydrogens (tertiary/aromatic N) is 5. The Labute approximate surface area is 149 Å². The van der Waals surface area contributed by atoms with Crippen LogP contribution in [0, 0.1) is 5.92 Å². The van der Waals surface area contributed by atoms with Gasteiger partial charge in [-0.3, -0.25) is 4.18 Å². The van der Waals surface area contributed by atoms with E-state index < -0.39 is 16.1 Å². The summed E-state index contributed by atoms with van der Waals surface area (Å²) >= 11 is 0. The van der Waals surface area contributed by atoms with Crippen LogP contribution in [0.5, 0.6) is 0 Å². The molecule has 3 heterocycles. The number of aromatic nitrogens is 5. The lowest BCUT2D eigenvalue weighted by atomic mass is 10.1. The molecule has 1 saturated heterocycles. The van der Waals surface area contributed by atoms with Gasteiger partial charge in [0.25, 0.3) is 0 Å². The molecule has 0 amide bonds. The third kappa shape index (κ3) is 3.01. The predicted molar refractivity (Wildman–Crippen MR) is 87.6 cm³/mol. The van der Waals surface area contributed by atoms with Crippen molar-refractivity contribution in [3.8, 4) is 0 Å². The van der Waals surface area contributed by atoms with Crippen LogP contribution in [0.15, 0.2) is 6.33 Å². The SMILES string of the molecule is CC1(C)O[C@@H]2[C@@H](COS(N)(=O)=O)C[C@@H](n3nnc4c(N)ncnc43)[C@@H]2O1. The van der Waals surface area contributed by atoms with Gasteiger partial charge in [0.2, 0.25) is 0 Å². The van der Waals surface area contributed by atoms with Crippen molar-refractivity contribution in [3.63, 3.8) is 0 Å². The predicted octanol–water partition coefficient (Wildman–Crippen LogP) is -0.895. The monoisotopic (exact) mass is 385 g/mol. The molecule has 0 bridgehead atoms. The summed E-state index contributed by atoms with van der Waals surface area (Å²) in [7, 11) is -4.05. The lowest BCUT2D eigenvalue weighted by Crippen LogP contribution is -2.30. The second kappa shape index (κ2) is 5.79. The first-order valence-corrected chi connectivity index (χ1v) is 9.46. The second-order valence-corrected chi connectivity index (χ2v) is 8.09. The summed E-state index contributed by atoms with van der Waals surface area (Å²) in [5, 5.41) is 13.1. The van der Waals surface area contributed by atoms with Gasteiger partial charge in [-0.15, -0.1) is 5.10 Å². The normalized spacial score (nSPS) is 30.7. The van der Waals surface area contributed by atoms with E-state index in [-0.39, 0.29) is 36.6 Å². The third-order valence-electron chi connectivity index (χ3n) is 4.60. The van der Waals surface area contributed by atoms with E-state index in [1.54, 1.807) is 18.5 Å². The fraction of sp³-hybridized carbons (Fsp3) is 0.692. The largest absolute Gasteiger partial charge is 0.382 e. The summed E-state index contributed by atoms with van der Waals surface area (Å²) in [6.45, 7) is 3.47. The lowest BCUT2D eigenvalue weighted by molar-refractivity contribution is -0.161. The highest BCUT2D eigenvalue weighted by Gasteiger charge is 2.55. The molecule has 1 saturated carbocycles. The minimum atomic E-state index is -4.05. The van der Waals surface area contributed by atoms with Crippen LogP contribution in [0.4, 0.5) is 5.82 Å². The molecule has 4 atom stereocenters. The Morgan fingerprint density at radius 1 is 1.35 bits per heavy atom. The van der Waals surface area contributed by atoms with E-state index >= 15 is 0 Å². The third-order valence-corrected chi connectivity index (χ3v) is 5.07. The van der Waals surface area contributed by atoms with E-state index in [0.29, 0.717) is 17.6 Å². The van der Waals surface area contributed by atoms with E-state index in [1.807, 2.05) is 0 Å². The minimum Gasteiger partial charge on any atom is -0.382 e. The van der Waals surface area contributed by atoms with Crippen LogP contribution in [-0.2, 0) is 24.0 Å². The first-order valence-electron chi connectivity index (χ1n) is 7.99.